The molecule has 0 bridgehead atoms. The van der Waals surface area contributed by atoms with Crippen LogP contribution < -0.4 is 5.32 Å². The van der Waals surface area contributed by atoms with Crippen LogP contribution in [-0.4, -0.2) is 11.0 Å². The molecule has 1 amide bonds. The zero-order valence-corrected chi connectivity index (χ0v) is 12.6. The SMILES string of the molecule is O=C(Nc1cccc(Cl)c1Br)c1cc(O)ccc1Cl. The third-order valence-electron chi connectivity index (χ3n) is 2.39. The van der Waals surface area contributed by atoms with Crippen LogP contribution in [0.4, 0.5) is 5.69 Å². The van der Waals surface area contributed by atoms with Gasteiger partial charge in [-0.1, -0.05) is 29.3 Å². The molecule has 3 nitrogen and oxygen atoms in total. The summed E-state index contributed by atoms with van der Waals surface area (Å²) in [5, 5.41) is 12.8. The van der Waals surface area contributed by atoms with Crippen molar-refractivity contribution in [1.29, 1.82) is 0 Å². The van der Waals surface area contributed by atoms with Crippen molar-refractivity contribution in [3.63, 3.8) is 0 Å². The van der Waals surface area contributed by atoms with Gasteiger partial charge in [0.05, 0.1) is 25.8 Å². The monoisotopic (exact) mass is 359 g/mol. The predicted molar refractivity (Wildman–Crippen MR) is 80.2 cm³/mol. The molecule has 0 unspecified atom stereocenters. The second-order valence-corrected chi connectivity index (χ2v) is 5.33. The Kier molecular flexibility index (Phi) is 4.34. The van der Waals surface area contributed by atoms with Gasteiger partial charge >= 0.3 is 0 Å². The number of aromatic hydroxyl groups is 1. The molecular formula is C13H8BrCl2NO2. The largest absolute Gasteiger partial charge is 0.508 e. The van der Waals surface area contributed by atoms with E-state index in [1.54, 1.807) is 18.2 Å². The molecule has 0 saturated heterocycles. The van der Waals surface area contributed by atoms with E-state index in [0.29, 0.717) is 15.2 Å². The first kappa shape index (κ1) is 14.2. The topological polar surface area (TPSA) is 49.3 Å². The first-order valence-electron chi connectivity index (χ1n) is 5.23. The maximum absolute atomic E-state index is 12.1. The molecule has 0 aliphatic heterocycles. The number of hydrogen-bond donors (Lipinski definition) is 2. The van der Waals surface area contributed by atoms with E-state index in [4.69, 9.17) is 23.2 Å². The zero-order valence-electron chi connectivity index (χ0n) is 9.45. The van der Waals surface area contributed by atoms with Crippen molar-refractivity contribution in [2.75, 3.05) is 5.32 Å². The fourth-order valence-electron chi connectivity index (χ4n) is 1.48. The number of rotatable bonds is 2. The van der Waals surface area contributed by atoms with Crippen LogP contribution in [-0.2, 0) is 0 Å². The third-order valence-corrected chi connectivity index (χ3v) is 4.12. The van der Waals surface area contributed by atoms with E-state index in [1.165, 1.54) is 18.2 Å². The standard InChI is InChI=1S/C13H8BrCl2NO2/c14-12-10(16)2-1-3-11(12)17-13(19)8-6-7(18)4-5-9(8)15/h1-6,18H,(H,17,19). The van der Waals surface area contributed by atoms with Crippen LogP contribution in [0, 0.1) is 0 Å². The van der Waals surface area contributed by atoms with Crippen molar-refractivity contribution in [3.05, 3.63) is 56.5 Å². The summed E-state index contributed by atoms with van der Waals surface area (Å²) in [6.45, 7) is 0. The van der Waals surface area contributed by atoms with E-state index < -0.39 is 5.91 Å². The summed E-state index contributed by atoms with van der Waals surface area (Å²) in [7, 11) is 0. The van der Waals surface area contributed by atoms with Crippen molar-refractivity contribution in [2.24, 2.45) is 0 Å². The van der Waals surface area contributed by atoms with Gasteiger partial charge in [-0.25, -0.2) is 0 Å². The van der Waals surface area contributed by atoms with Gasteiger partial charge in [0.1, 0.15) is 5.75 Å². The first-order chi connectivity index (χ1) is 8.99. The molecule has 2 aromatic carbocycles. The van der Waals surface area contributed by atoms with Crippen LogP contribution in [0.3, 0.4) is 0 Å². The van der Waals surface area contributed by atoms with Gasteiger partial charge in [-0.15, -0.1) is 0 Å². The van der Waals surface area contributed by atoms with Crippen LogP contribution in [0.2, 0.25) is 10.0 Å². The fourth-order valence-corrected chi connectivity index (χ4v) is 2.22. The molecule has 0 atom stereocenters. The molecule has 2 N–H and O–H groups in total. The normalized spacial score (nSPS) is 10.3. The summed E-state index contributed by atoms with van der Waals surface area (Å²) in [5.41, 5.74) is 0.713. The van der Waals surface area contributed by atoms with Crippen molar-refractivity contribution < 1.29 is 9.90 Å². The molecule has 0 aliphatic carbocycles. The Labute approximate surface area is 128 Å². The Morgan fingerprint density at radius 3 is 2.63 bits per heavy atom. The molecule has 0 aliphatic rings. The lowest BCUT2D eigenvalue weighted by Gasteiger charge is -2.09. The lowest BCUT2D eigenvalue weighted by Crippen LogP contribution is -2.12. The molecule has 0 fully saturated rings. The van der Waals surface area contributed by atoms with Crippen LogP contribution in [0.15, 0.2) is 40.9 Å². The Bertz CT molecular complexity index is 647. The molecule has 2 aromatic rings. The Morgan fingerprint density at radius 2 is 1.89 bits per heavy atom. The molecule has 0 radical (unpaired) electrons. The van der Waals surface area contributed by atoms with Crippen LogP contribution in [0.1, 0.15) is 10.4 Å². The summed E-state index contributed by atoms with van der Waals surface area (Å²) < 4.78 is 0.585. The Hall–Kier alpha value is -1.23. The molecule has 98 valence electrons. The molecule has 0 aromatic heterocycles. The van der Waals surface area contributed by atoms with Crippen LogP contribution >= 0.6 is 39.1 Å². The Balaban J connectivity index is 2.31. The van der Waals surface area contributed by atoms with Crippen molar-refractivity contribution in [1.82, 2.24) is 0 Å². The van der Waals surface area contributed by atoms with E-state index in [1.807, 2.05) is 0 Å². The summed E-state index contributed by atoms with van der Waals surface area (Å²) in [6.07, 6.45) is 0. The van der Waals surface area contributed by atoms with Gasteiger partial charge in [-0.05, 0) is 46.3 Å². The minimum atomic E-state index is -0.427. The molecule has 6 heteroatoms. The molecule has 0 heterocycles. The van der Waals surface area contributed by atoms with Crippen molar-refractivity contribution >= 4 is 50.7 Å². The van der Waals surface area contributed by atoms with E-state index >= 15 is 0 Å². The number of carbonyl (C=O) groups is 1. The minimum absolute atomic E-state index is 0.0280. The summed E-state index contributed by atoms with van der Waals surface area (Å²) in [6, 6.07) is 9.28. The summed E-state index contributed by atoms with van der Waals surface area (Å²) in [5.74, 6) is -0.455. The number of benzene rings is 2. The van der Waals surface area contributed by atoms with E-state index in [0.717, 1.165) is 0 Å². The highest BCUT2D eigenvalue weighted by Crippen LogP contribution is 2.31. The lowest BCUT2D eigenvalue weighted by molar-refractivity contribution is 0.102. The molecule has 2 rings (SSSR count). The average Bonchev–Trinajstić information content (AvgIpc) is 2.38. The zero-order chi connectivity index (χ0) is 14.0. The summed E-state index contributed by atoms with van der Waals surface area (Å²) >= 11 is 15.1. The number of phenols is 1. The second kappa shape index (κ2) is 5.82. The Morgan fingerprint density at radius 1 is 1.16 bits per heavy atom. The van der Waals surface area contributed by atoms with Gasteiger partial charge in [0, 0.05) is 0 Å². The molecule has 0 saturated carbocycles. The number of carbonyl (C=O) groups excluding carboxylic acids is 1. The van der Waals surface area contributed by atoms with Crippen LogP contribution in [0.5, 0.6) is 5.75 Å². The van der Waals surface area contributed by atoms with E-state index in [2.05, 4.69) is 21.2 Å². The highest BCUT2D eigenvalue weighted by atomic mass is 79.9. The average molecular weight is 361 g/mol. The van der Waals surface area contributed by atoms with Gasteiger partial charge in [0.25, 0.3) is 5.91 Å². The molecule has 0 spiro atoms. The highest BCUT2D eigenvalue weighted by Gasteiger charge is 2.13. The van der Waals surface area contributed by atoms with E-state index in [-0.39, 0.29) is 16.3 Å². The molecule has 19 heavy (non-hydrogen) atoms. The fraction of sp³-hybridized carbons (Fsp3) is 0. The van der Waals surface area contributed by atoms with Gasteiger partial charge < -0.3 is 10.4 Å². The number of phenolic OH excluding ortho intramolecular Hbond substituents is 1. The summed E-state index contributed by atoms with van der Waals surface area (Å²) in [4.78, 5) is 12.1. The minimum Gasteiger partial charge on any atom is -0.508 e. The predicted octanol–water partition coefficient (Wildman–Crippen LogP) is 4.71. The first-order valence-corrected chi connectivity index (χ1v) is 6.78. The van der Waals surface area contributed by atoms with Crippen molar-refractivity contribution in [3.8, 4) is 5.75 Å². The number of nitrogens with one attached hydrogen (secondary N) is 1. The maximum atomic E-state index is 12.1. The van der Waals surface area contributed by atoms with Crippen LogP contribution in [0.25, 0.3) is 0 Å². The number of halogens is 3. The van der Waals surface area contributed by atoms with Gasteiger partial charge in [-0.2, -0.15) is 0 Å². The number of anilines is 1. The smallest absolute Gasteiger partial charge is 0.257 e. The maximum Gasteiger partial charge on any atom is 0.257 e. The lowest BCUT2D eigenvalue weighted by atomic mass is 10.2. The highest BCUT2D eigenvalue weighted by molar-refractivity contribution is 9.10. The van der Waals surface area contributed by atoms with Gasteiger partial charge in [-0.3, -0.25) is 4.79 Å². The quantitative estimate of drug-likeness (QED) is 0.814. The molecular weight excluding hydrogens is 353 g/mol. The number of amides is 1. The van der Waals surface area contributed by atoms with Gasteiger partial charge in [0.2, 0.25) is 0 Å². The van der Waals surface area contributed by atoms with E-state index in [9.17, 15) is 9.90 Å². The van der Waals surface area contributed by atoms with Crippen molar-refractivity contribution in [2.45, 2.75) is 0 Å². The van der Waals surface area contributed by atoms with Gasteiger partial charge in [0.15, 0.2) is 0 Å². The number of hydrogen-bond acceptors (Lipinski definition) is 2. The second-order valence-electron chi connectivity index (χ2n) is 3.72. The third kappa shape index (κ3) is 3.21.